The van der Waals surface area contributed by atoms with E-state index in [9.17, 15) is 9.90 Å². The fourth-order valence-electron chi connectivity index (χ4n) is 6.36. The maximum absolute atomic E-state index is 13.1. The van der Waals surface area contributed by atoms with Crippen LogP contribution in [-0.2, 0) is 6.54 Å². The lowest BCUT2D eigenvalue weighted by Crippen LogP contribution is -2.60. The highest BCUT2D eigenvalue weighted by Crippen LogP contribution is 2.44. The Morgan fingerprint density at radius 3 is 2.48 bits per heavy atom. The van der Waals surface area contributed by atoms with Crippen LogP contribution < -0.4 is 4.74 Å². The van der Waals surface area contributed by atoms with Crippen LogP contribution in [0, 0.1) is 44.4 Å². The zero-order valence-electron chi connectivity index (χ0n) is 24.0. The van der Waals surface area contributed by atoms with Gasteiger partial charge in [0.05, 0.1) is 5.02 Å². The van der Waals surface area contributed by atoms with E-state index in [0.29, 0.717) is 60.3 Å². The molecule has 0 bridgehead atoms. The Balaban J connectivity index is 1.44. The summed E-state index contributed by atoms with van der Waals surface area (Å²) in [5.41, 5.74) is 4.18. The summed E-state index contributed by atoms with van der Waals surface area (Å²) in [7, 11) is 0. The van der Waals surface area contributed by atoms with Crippen molar-refractivity contribution in [3.05, 3.63) is 57.6 Å². The Labute approximate surface area is 240 Å². The quantitative estimate of drug-likeness (QED) is 0.428. The van der Waals surface area contributed by atoms with E-state index in [1.54, 1.807) is 43.5 Å². The largest absolute Gasteiger partial charge is 0.507 e. The van der Waals surface area contributed by atoms with Gasteiger partial charge in [0.2, 0.25) is 0 Å². The molecule has 1 fully saturated rings. The molecular formula is C31H36ClN5O3. The van der Waals surface area contributed by atoms with Gasteiger partial charge in [-0.25, -0.2) is 9.36 Å². The minimum atomic E-state index is -0.0583. The second-order valence-electron chi connectivity index (χ2n) is 11.1. The number of halogens is 1. The Kier molecular flexibility index (Phi) is 7.80. The third-order valence-corrected chi connectivity index (χ3v) is 8.36. The van der Waals surface area contributed by atoms with Gasteiger partial charge in [0.25, 0.3) is 0 Å². The van der Waals surface area contributed by atoms with Gasteiger partial charge < -0.3 is 14.7 Å². The van der Waals surface area contributed by atoms with Crippen LogP contribution in [-0.4, -0.2) is 68.0 Å². The number of aromatic hydroxyl groups is 1. The molecule has 8 nitrogen and oxygen atoms in total. The third kappa shape index (κ3) is 4.93. The van der Waals surface area contributed by atoms with Crippen LogP contribution in [0.5, 0.6) is 11.5 Å². The van der Waals surface area contributed by atoms with E-state index in [4.69, 9.17) is 16.3 Å². The van der Waals surface area contributed by atoms with E-state index in [-0.39, 0.29) is 17.8 Å². The molecule has 1 unspecified atom stereocenters. The fraction of sp³-hybridized carbons (Fsp3) is 0.452. The van der Waals surface area contributed by atoms with E-state index < -0.39 is 0 Å². The minimum absolute atomic E-state index is 0.0583. The molecule has 0 saturated carbocycles. The van der Waals surface area contributed by atoms with E-state index in [0.717, 1.165) is 34.5 Å². The first-order chi connectivity index (χ1) is 19.1. The number of fused-ring (bicyclic) bond motifs is 1. The number of phenols is 1. The number of benzene rings is 2. The lowest BCUT2D eigenvalue weighted by molar-refractivity contribution is 0.0141. The Morgan fingerprint density at radius 1 is 1.15 bits per heavy atom. The number of hydrogen-bond acceptors (Lipinski definition) is 6. The van der Waals surface area contributed by atoms with Crippen LogP contribution in [0.4, 0.5) is 4.79 Å². The van der Waals surface area contributed by atoms with Crippen molar-refractivity contribution < 1.29 is 14.6 Å². The van der Waals surface area contributed by atoms with Crippen LogP contribution in [0.1, 0.15) is 49.1 Å². The number of aromatic nitrogens is 3. The van der Waals surface area contributed by atoms with Gasteiger partial charge in [0.1, 0.15) is 29.8 Å². The molecule has 9 heteroatoms. The normalized spacial score (nSPS) is 16.4. The monoisotopic (exact) mass is 561 g/mol. The number of carbonyl (C=O) groups excluding carboxylic acids is 1. The van der Waals surface area contributed by atoms with Gasteiger partial charge in [-0.2, -0.15) is 0 Å². The first-order valence-corrected chi connectivity index (χ1v) is 14.1. The van der Waals surface area contributed by atoms with Crippen molar-refractivity contribution in [2.45, 2.75) is 54.1 Å². The van der Waals surface area contributed by atoms with Crippen molar-refractivity contribution in [2.24, 2.45) is 11.8 Å². The fourth-order valence-corrected chi connectivity index (χ4v) is 6.62. The summed E-state index contributed by atoms with van der Waals surface area (Å²) in [5.74, 6) is 9.16. The summed E-state index contributed by atoms with van der Waals surface area (Å²) in [6, 6.07) is 7.45. The smallest absolute Gasteiger partial charge is 0.331 e. The van der Waals surface area contributed by atoms with Crippen molar-refractivity contribution >= 4 is 17.6 Å². The van der Waals surface area contributed by atoms with Crippen molar-refractivity contribution in [3.63, 3.8) is 0 Å². The molecule has 1 atom stereocenters. The molecule has 0 aliphatic carbocycles. The predicted octanol–water partition coefficient (Wildman–Crippen LogP) is 5.42. The maximum Gasteiger partial charge on any atom is 0.331 e. The molecule has 1 N–H and O–H groups in total. The third-order valence-electron chi connectivity index (χ3n) is 8.04. The molecule has 0 spiro atoms. The van der Waals surface area contributed by atoms with Crippen molar-refractivity contribution in [3.8, 4) is 34.5 Å². The van der Waals surface area contributed by atoms with Gasteiger partial charge in [-0.3, -0.25) is 4.90 Å². The number of rotatable bonds is 4. The highest BCUT2D eigenvalue weighted by molar-refractivity contribution is 6.33. The molecule has 40 heavy (non-hydrogen) atoms. The van der Waals surface area contributed by atoms with Gasteiger partial charge in [-0.1, -0.05) is 37.4 Å². The zero-order chi connectivity index (χ0) is 28.7. The number of carbonyl (C=O) groups is 1. The average Bonchev–Trinajstić information content (AvgIpc) is 3.07. The summed E-state index contributed by atoms with van der Waals surface area (Å²) in [4.78, 5) is 17.5. The van der Waals surface area contributed by atoms with E-state index >= 15 is 0 Å². The topological polar surface area (TPSA) is 83.7 Å². The number of ether oxygens (including phenoxy) is 1. The zero-order valence-corrected chi connectivity index (χ0v) is 24.7. The van der Waals surface area contributed by atoms with Crippen LogP contribution >= 0.6 is 11.6 Å². The first kappa shape index (κ1) is 28.0. The summed E-state index contributed by atoms with van der Waals surface area (Å²) >= 11 is 6.57. The molecule has 2 aliphatic rings. The lowest BCUT2D eigenvalue weighted by atomic mass is 9.83. The van der Waals surface area contributed by atoms with Crippen LogP contribution in [0.25, 0.3) is 11.1 Å². The average molecular weight is 562 g/mol. The summed E-state index contributed by atoms with van der Waals surface area (Å²) in [5, 5.41) is 19.3. The number of hydrogen-bond donors (Lipinski definition) is 1. The SMILES string of the molecule is CC#Cc1cc2c(c(C)c1-c1c(O)cccc1Cl)OCCN(C(C(C)C)C1CN(C(=O)n3c(C)nnc3C)C1)C2. The number of likely N-dealkylation sites (tertiary alicyclic amines) is 1. The molecule has 0 radical (unpaired) electrons. The Hall–Kier alpha value is -3.54. The number of aryl methyl sites for hydroxylation is 2. The first-order valence-electron chi connectivity index (χ1n) is 13.7. The molecule has 1 saturated heterocycles. The van der Waals surface area contributed by atoms with Crippen molar-refractivity contribution in [2.75, 3.05) is 26.2 Å². The van der Waals surface area contributed by atoms with E-state index in [1.807, 2.05) is 11.8 Å². The molecule has 2 aliphatic heterocycles. The molecule has 1 aromatic heterocycles. The second kappa shape index (κ2) is 11.1. The highest BCUT2D eigenvalue weighted by atomic mass is 35.5. The van der Waals surface area contributed by atoms with Crippen molar-refractivity contribution in [1.82, 2.24) is 24.6 Å². The van der Waals surface area contributed by atoms with Crippen molar-refractivity contribution in [1.29, 1.82) is 0 Å². The Morgan fingerprint density at radius 2 is 1.85 bits per heavy atom. The maximum atomic E-state index is 13.1. The molecule has 3 aromatic rings. The highest BCUT2D eigenvalue weighted by Gasteiger charge is 2.42. The predicted molar refractivity (Wildman–Crippen MR) is 156 cm³/mol. The molecule has 2 aromatic carbocycles. The molecule has 3 heterocycles. The van der Waals surface area contributed by atoms with Gasteiger partial charge >= 0.3 is 6.03 Å². The minimum Gasteiger partial charge on any atom is -0.507 e. The standard InChI is InChI=1S/C31H36ClN5O3/c1-7-9-22-14-23-15-35(12-13-40-30(23)19(4)27(22)28-25(32)10-8-11-26(28)38)29(18(2)3)24-16-36(17-24)31(39)37-20(5)33-34-21(37)6/h8,10-11,14,18,24,29,38H,12-13,15-17H2,1-6H3. The summed E-state index contributed by atoms with van der Waals surface area (Å²) in [6.45, 7) is 15.3. The molecule has 1 amide bonds. The van der Waals surface area contributed by atoms with Crippen LogP contribution in [0.3, 0.4) is 0 Å². The van der Waals surface area contributed by atoms with Gasteiger partial charge in [-0.05, 0) is 51.8 Å². The number of amides is 1. The second-order valence-corrected chi connectivity index (χ2v) is 11.5. The van der Waals surface area contributed by atoms with E-state index in [1.165, 1.54) is 0 Å². The summed E-state index contributed by atoms with van der Waals surface area (Å²) in [6.07, 6.45) is 0. The molecular weight excluding hydrogens is 526 g/mol. The van der Waals surface area contributed by atoms with Gasteiger partial charge in [0, 0.05) is 66.0 Å². The van der Waals surface area contributed by atoms with Crippen LogP contribution in [0.2, 0.25) is 5.02 Å². The van der Waals surface area contributed by atoms with Gasteiger partial charge in [-0.15, -0.1) is 16.1 Å². The summed E-state index contributed by atoms with van der Waals surface area (Å²) < 4.78 is 7.97. The molecule has 210 valence electrons. The Bertz CT molecular complexity index is 1470. The number of phenolic OH excluding ortho intramolecular Hbond substituents is 1. The molecule has 5 rings (SSSR count). The van der Waals surface area contributed by atoms with Crippen LogP contribution in [0.15, 0.2) is 24.3 Å². The lowest BCUT2D eigenvalue weighted by Gasteiger charge is -2.48. The number of nitrogens with zero attached hydrogens (tertiary/aromatic N) is 5. The van der Waals surface area contributed by atoms with E-state index in [2.05, 4.69) is 46.9 Å². The van der Waals surface area contributed by atoms with Gasteiger partial charge in [0.15, 0.2) is 0 Å².